The molecule has 0 amide bonds. The molecule has 0 saturated carbocycles. The summed E-state index contributed by atoms with van der Waals surface area (Å²) in [4.78, 5) is 0. The molecule has 32 heavy (non-hydrogen) atoms. The molecule has 3 heteroatoms. The first kappa shape index (κ1) is 27.7. The first-order chi connectivity index (χ1) is 15.2. The third-order valence-electron chi connectivity index (χ3n) is 5.14. The molecule has 0 N–H and O–H groups in total. The van der Waals surface area contributed by atoms with Crippen LogP contribution in [0.15, 0.2) is 85.0 Å². The molecule has 0 saturated heterocycles. The molecular formula is C29H33Cl2F. The normalized spacial score (nSPS) is 10.8. The second-order valence-electron chi connectivity index (χ2n) is 7.43. The number of aryl methyl sites for hydroxylation is 3. The highest BCUT2D eigenvalue weighted by molar-refractivity contribution is 6.31. The van der Waals surface area contributed by atoms with E-state index in [0.29, 0.717) is 0 Å². The van der Waals surface area contributed by atoms with E-state index in [1.165, 1.54) is 45.5 Å². The van der Waals surface area contributed by atoms with Gasteiger partial charge < -0.3 is 0 Å². The highest BCUT2D eigenvalue weighted by Crippen LogP contribution is 2.25. The van der Waals surface area contributed by atoms with Gasteiger partial charge in [-0.2, -0.15) is 0 Å². The van der Waals surface area contributed by atoms with E-state index >= 15 is 0 Å². The van der Waals surface area contributed by atoms with Gasteiger partial charge in [-0.1, -0.05) is 80.0 Å². The van der Waals surface area contributed by atoms with Crippen LogP contribution in [0.2, 0.25) is 10.0 Å². The zero-order chi connectivity index (χ0) is 24.1. The fourth-order valence-electron chi connectivity index (χ4n) is 2.80. The zero-order valence-electron chi connectivity index (χ0n) is 19.7. The van der Waals surface area contributed by atoms with Crippen molar-refractivity contribution in [3.05, 3.63) is 123 Å². The van der Waals surface area contributed by atoms with Gasteiger partial charge in [0.2, 0.25) is 0 Å². The van der Waals surface area contributed by atoms with Crippen LogP contribution in [0.5, 0.6) is 0 Å². The summed E-state index contributed by atoms with van der Waals surface area (Å²) in [7, 11) is 0. The summed E-state index contributed by atoms with van der Waals surface area (Å²) in [6.45, 7) is 14.2. The van der Waals surface area contributed by atoms with Gasteiger partial charge in [0.05, 0.1) is 0 Å². The smallest absolute Gasteiger partial charge is 0.123 e. The van der Waals surface area contributed by atoms with Crippen molar-refractivity contribution in [2.45, 2.75) is 47.5 Å². The van der Waals surface area contributed by atoms with Crippen LogP contribution in [0.4, 0.5) is 4.39 Å². The van der Waals surface area contributed by atoms with Crippen molar-refractivity contribution in [1.29, 1.82) is 0 Å². The van der Waals surface area contributed by atoms with Crippen LogP contribution < -0.4 is 0 Å². The Hall–Kier alpha value is -2.35. The lowest BCUT2D eigenvalue weighted by atomic mass is 9.98. The number of rotatable bonds is 4. The molecule has 3 aromatic rings. The van der Waals surface area contributed by atoms with Gasteiger partial charge in [0.25, 0.3) is 0 Å². The minimum Gasteiger partial charge on any atom is -0.207 e. The van der Waals surface area contributed by atoms with Crippen LogP contribution in [0.25, 0.3) is 5.57 Å². The number of halogens is 3. The van der Waals surface area contributed by atoms with Crippen LogP contribution in [0.1, 0.15) is 49.9 Å². The van der Waals surface area contributed by atoms with E-state index in [1.807, 2.05) is 55.5 Å². The van der Waals surface area contributed by atoms with Gasteiger partial charge in [-0.25, -0.2) is 4.39 Å². The van der Waals surface area contributed by atoms with Gasteiger partial charge in [-0.05, 0) is 103 Å². The third kappa shape index (κ3) is 9.85. The Bertz CT molecular complexity index is 955. The Labute approximate surface area is 203 Å². The van der Waals surface area contributed by atoms with Crippen LogP contribution in [0.3, 0.4) is 0 Å². The maximum absolute atomic E-state index is 12.2. The number of hydrogen-bond acceptors (Lipinski definition) is 0. The van der Waals surface area contributed by atoms with Crippen molar-refractivity contribution in [3.8, 4) is 0 Å². The Balaban J connectivity index is 0.000000250. The predicted molar refractivity (Wildman–Crippen MR) is 141 cm³/mol. The predicted octanol–water partition coefficient (Wildman–Crippen LogP) is 9.92. The third-order valence-corrected chi connectivity index (χ3v) is 5.63. The first-order valence-electron chi connectivity index (χ1n) is 10.8. The van der Waals surface area contributed by atoms with Crippen molar-refractivity contribution < 1.29 is 4.39 Å². The van der Waals surface area contributed by atoms with E-state index in [9.17, 15) is 4.39 Å². The van der Waals surface area contributed by atoms with E-state index < -0.39 is 0 Å². The number of hydrogen-bond donors (Lipinski definition) is 0. The lowest BCUT2D eigenvalue weighted by molar-refractivity contribution is 0.627. The Morgan fingerprint density at radius 1 is 0.812 bits per heavy atom. The van der Waals surface area contributed by atoms with Crippen LogP contribution in [-0.2, 0) is 12.8 Å². The fraction of sp³-hybridized carbons (Fsp3) is 0.241. The van der Waals surface area contributed by atoms with Crippen molar-refractivity contribution >= 4 is 28.8 Å². The largest absolute Gasteiger partial charge is 0.207 e. The molecule has 0 heterocycles. The zero-order valence-corrected chi connectivity index (χ0v) is 21.2. The standard InChI is InChI=1S/C13H15Cl.C8H9Cl.C8H9F/c1-5-9(2)11(4)13-8-12(14)7-6-10(13)3;2*1-2-7-3-5-8(9)6-4-7/h5-8H,1H2,2-4H3;2*3-6H,2H2,1H3/b11-9+;;. The summed E-state index contributed by atoms with van der Waals surface area (Å²) >= 11 is 11.6. The molecule has 170 valence electrons. The molecule has 0 radical (unpaired) electrons. The summed E-state index contributed by atoms with van der Waals surface area (Å²) in [6.07, 6.45) is 3.92. The summed E-state index contributed by atoms with van der Waals surface area (Å²) in [6, 6.07) is 20.4. The highest BCUT2D eigenvalue weighted by atomic mass is 35.5. The molecule has 0 nitrogen and oxygen atoms in total. The van der Waals surface area contributed by atoms with Gasteiger partial charge in [-0.15, -0.1) is 0 Å². The number of benzene rings is 3. The van der Waals surface area contributed by atoms with Crippen molar-refractivity contribution in [2.75, 3.05) is 0 Å². The molecule has 0 aliphatic heterocycles. The second-order valence-corrected chi connectivity index (χ2v) is 8.30. The summed E-state index contributed by atoms with van der Waals surface area (Å²) in [5.41, 5.74) is 7.38. The first-order valence-corrected chi connectivity index (χ1v) is 11.5. The average Bonchev–Trinajstić information content (AvgIpc) is 2.81. The summed E-state index contributed by atoms with van der Waals surface area (Å²) in [5, 5.41) is 1.59. The minimum absolute atomic E-state index is 0.160. The van der Waals surface area contributed by atoms with Crippen LogP contribution >= 0.6 is 23.2 Å². The number of allylic oxidation sites excluding steroid dienone is 3. The van der Waals surface area contributed by atoms with Crippen LogP contribution in [-0.4, -0.2) is 0 Å². The van der Waals surface area contributed by atoms with Crippen molar-refractivity contribution in [1.82, 2.24) is 0 Å². The maximum Gasteiger partial charge on any atom is 0.123 e. The van der Waals surface area contributed by atoms with E-state index in [4.69, 9.17) is 23.2 Å². The molecule has 0 fully saturated rings. The molecule has 0 aromatic heterocycles. The molecule has 0 atom stereocenters. The summed E-state index contributed by atoms with van der Waals surface area (Å²) < 4.78 is 12.2. The fourth-order valence-corrected chi connectivity index (χ4v) is 3.10. The van der Waals surface area contributed by atoms with Crippen LogP contribution in [0, 0.1) is 12.7 Å². The van der Waals surface area contributed by atoms with E-state index in [2.05, 4.69) is 34.3 Å². The van der Waals surface area contributed by atoms with Crippen molar-refractivity contribution in [3.63, 3.8) is 0 Å². The minimum atomic E-state index is -0.160. The molecular weight excluding hydrogens is 438 g/mol. The van der Waals surface area contributed by atoms with E-state index in [-0.39, 0.29) is 5.82 Å². The van der Waals surface area contributed by atoms with Gasteiger partial charge >= 0.3 is 0 Å². The quantitative estimate of drug-likeness (QED) is 0.332. The lowest BCUT2D eigenvalue weighted by Crippen LogP contribution is -1.87. The highest BCUT2D eigenvalue weighted by Gasteiger charge is 2.03. The molecule has 0 aliphatic carbocycles. The second kappa shape index (κ2) is 14.7. The molecule has 0 aliphatic rings. The SMILES string of the molecule is C=C/C(C)=C(\C)c1cc(Cl)ccc1C.CCc1ccc(Cl)cc1.CCc1ccc(F)cc1. The molecule has 3 aromatic carbocycles. The maximum atomic E-state index is 12.2. The van der Waals surface area contributed by atoms with Gasteiger partial charge in [-0.3, -0.25) is 0 Å². The van der Waals surface area contributed by atoms with Gasteiger partial charge in [0.1, 0.15) is 5.82 Å². The topological polar surface area (TPSA) is 0 Å². The van der Waals surface area contributed by atoms with Crippen molar-refractivity contribution in [2.24, 2.45) is 0 Å². The Morgan fingerprint density at radius 2 is 1.28 bits per heavy atom. The molecule has 0 bridgehead atoms. The molecule has 0 spiro atoms. The monoisotopic (exact) mass is 470 g/mol. The Kier molecular flexibility index (Phi) is 12.7. The van der Waals surface area contributed by atoms with Gasteiger partial charge in [0.15, 0.2) is 0 Å². The average molecular weight is 471 g/mol. The van der Waals surface area contributed by atoms with E-state index in [0.717, 1.165) is 22.9 Å². The van der Waals surface area contributed by atoms with Gasteiger partial charge in [0, 0.05) is 10.0 Å². The Morgan fingerprint density at radius 3 is 1.75 bits per heavy atom. The van der Waals surface area contributed by atoms with E-state index in [1.54, 1.807) is 12.1 Å². The summed E-state index contributed by atoms with van der Waals surface area (Å²) in [5.74, 6) is -0.160. The molecule has 0 unspecified atom stereocenters. The lowest BCUT2D eigenvalue weighted by Gasteiger charge is -2.08. The molecule has 3 rings (SSSR count).